The summed E-state index contributed by atoms with van der Waals surface area (Å²) in [6.45, 7) is 3.76. The Bertz CT molecular complexity index is 1340. The second kappa shape index (κ2) is 10.1. The van der Waals surface area contributed by atoms with Crippen LogP contribution in [0.15, 0.2) is 60.1 Å². The van der Waals surface area contributed by atoms with Gasteiger partial charge in [-0.1, -0.05) is 24.3 Å². The van der Waals surface area contributed by atoms with Crippen LogP contribution >= 0.6 is 11.3 Å². The second-order valence-electron chi connectivity index (χ2n) is 8.68. The highest BCUT2D eigenvalue weighted by Crippen LogP contribution is 2.39. The van der Waals surface area contributed by atoms with Crippen LogP contribution < -0.4 is 9.47 Å². The lowest BCUT2D eigenvalue weighted by atomic mass is 9.94. The molecule has 5 rings (SSSR count). The first-order valence-electron chi connectivity index (χ1n) is 12.0. The molecule has 3 heterocycles. The van der Waals surface area contributed by atoms with Crippen LogP contribution in [0.4, 0.5) is 0 Å². The number of carbonyl (C=O) groups excluding carboxylic acids is 1. The number of rotatable bonds is 8. The Morgan fingerprint density at radius 1 is 1.17 bits per heavy atom. The van der Waals surface area contributed by atoms with Crippen molar-refractivity contribution in [2.24, 2.45) is 0 Å². The summed E-state index contributed by atoms with van der Waals surface area (Å²) in [7, 11) is 1.61. The number of aliphatic hydroxyl groups is 1. The topological polar surface area (TPSA) is 63.9 Å². The van der Waals surface area contributed by atoms with Crippen LogP contribution in [0.2, 0.25) is 0 Å². The Morgan fingerprint density at radius 3 is 2.83 bits per heavy atom. The van der Waals surface area contributed by atoms with Gasteiger partial charge in [0.1, 0.15) is 6.61 Å². The van der Waals surface area contributed by atoms with E-state index in [1.807, 2.05) is 47.5 Å². The van der Waals surface area contributed by atoms with Crippen molar-refractivity contribution in [3.63, 3.8) is 0 Å². The van der Waals surface area contributed by atoms with Gasteiger partial charge in [0.25, 0.3) is 5.91 Å². The highest BCUT2D eigenvalue weighted by Gasteiger charge is 2.33. The molecule has 7 heteroatoms. The van der Waals surface area contributed by atoms with Gasteiger partial charge >= 0.3 is 0 Å². The van der Waals surface area contributed by atoms with Crippen LogP contribution in [0.5, 0.6) is 11.5 Å². The zero-order valence-electron chi connectivity index (χ0n) is 20.1. The summed E-state index contributed by atoms with van der Waals surface area (Å²) in [4.78, 5) is 17.3. The molecule has 0 saturated carbocycles. The number of aryl methyl sites for hydroxylation is 1. The van der Waals surface area contributed by atoms with Crippen molar-refractivity contribution in [3.05, 3.63) is 81.7 Å². The summed E-state index contributed by atoms with van der Waals surface area (Å²) >= 11 is 1.72. The number of hydrogen-bond donors (Lipinski definition) is 1. The molecule has 0 saturated heterocycles. The number of nitrogens with zero attached hydrogens (tertiary/aromatic N) is 2. The van der Waals surface area contributed by atoms with Crippen LogP contribution in [-0.2, 0) is 19.4 Å². The Kier molecular flexibility index (Phi) is 6.79. The summed E-state index contributed by atoms with van der Waals surface area (Å²) in [5.74, 6) is 1.31. The molecule has 4 aromatic rings. The predicted molar refractivity (Wildman–Crippen MR) is 139 cm³/mol. The molecule has 1 N–H and O–H groups in total. The van der Waals surface area contributed by atoms with Crippen LogP contribution in [0, 0.1) is 0 Å². The number of ether oxygens (including phenoxy) is 2. The van der Waals surface area contributed by atoms with Gasteiger partial charge in [-0.2, -0.15) is 0 Å². The van der Waals surface area contributed by atoms with E-state index in [4.69, 9.17) is 14.6 Å². The van der Waals surface area contributed by atoms with E-state index in [0.717, 1.165) is 35.0 Å². The molecule has 1 unspecified atom stereocenters. The maximum atomic E-state index is 14.0. The fraction of sp³-hybridized carbons (Fsp3) is 0.321. The maximum Gasteiger partial charge on any atom is 0.256 e. The largest absolute Gasteiger partial charge is 0.493 e. The third-order valence-corrected chi connectivity index (χ3v) is 7.77. The van der Waals surface area contributed by atoms with Gasteiger partial charge in [0.15, 0.2) is 11.5 Å². The molecule has 1 aliphatic heterocycles. The van der Waals surface area contributed by atoms with Gasteiger partial charge in [0.05, 0.1) is 25.3 Å². The maximum absolute atomic E-state index is 14.0. The van der Waals surface area contributed by atoms with E-state index in [1.165, 1.54) is 10.4 Å². The number of amides is 1. The minimum atomic E-state index is -0.0559. The predicted octanol–water partition coefficient (Wildman–Crippen LogP) is 5.08. The number of benzene rings is 2. The number of aromatic nitrogens is 1. The molecule has 1 aliphatic rings. The van der Waals surface area contributed by atoms with Crippen LogP contribution in [0.3, 0.4) is 0 Å². The Hall–Kier alpha value is -3.29. The molecule has 2 aromatic carbocycles. The molecule has 0 fully saturated rings. The van der Waals surface area contributed by atoms with E-state index in [9.17, 15) is 4.79 Å². The minimum Gasteiger partial charge on any atom is -0.493 e. The Balaban J connectivity index is 1.50. The summed E-state index contributed by atoms with van der Waals surface area (Å²) in [6.07, 6.45) is 3.55. The second-order valence-corrected chi connectivity index (χ2v) is 9.63. The van der Waals surface area contributed by atoms with E-state index in [1.54, 1.807) is 18.4 Å². The van der Waals surface area contributed by atoms with E-state index in [2.05, 4.69) is 29.0 Å². The monoisotopic (exact) mass is 490 g/mol. The lowest BCUT2D eigenvalue weighted by Crippen LogP contribution is -2.40. The average molecular weight is 491 g/mol. The number of carbonyl (C=O) groups is 1. The van der Waals surface area contributed by atoms with E-state index >= 15 is 0 Å². The highest BCUT2D eigenvalue weighted by atomic mass is 32.1. The van der Waals surface area contributed by atoms with Crippen molar-refractivity contribution in [1.82, 2.24) is 9.47 Å². The molecule has 0 aliphatic carbocycles. The zero-order chi connectivity index (χ0) is 24.4. The molecule has 6 nitrogen and oxygen atoms in total. The summed E-state index contributed by atoms with van der Waals surface area (Å²) in [5, 5.41) is 12.2. The third-order valence-electron chi connectivity index (χ3n) is 6.71. The van der Waals surface area contributed by atoms with Crippen molar-refractivity contribution in [2.45, 2.75) is 32.4 Å². The molecule has 182 valence electrons. The van der Waals surface area contributed by atoms with Gasteiger partial charge in [0, 0.05) is 35.1 Å². The zero-order valence-corrected chi connectivity index (χ0v) is 20.9. The lowest BCUT2D eigenvalue weighted by Gasteiger charge is -2.36. The number of aliphatic hydroxyl groups excluding tert-OH is 1. The van der Waals surface area contributed by atoms with Gasteiger partial charge < -0.3 is 24.0 Å². The standard InChI is InChI=1S/C28H30N2O4S/c1-3-29-18-22(21-6-4-5-7-23(21)29)28(32)30-12-10-20-11-15-35-27(20)24(30)16-19-8-9-25(34-14-13-31)26(17-19)33-2/h4-9,11,15,17-18,24,31H,3,10,12-14,16H2,1-2H3. The van der Waals surface area contributed by atoms with Crippen molar-refractivity contribution in [3.8, 4) is 11.5 Å². The summed E-state index contributed by atoms with van der Waals surface area (Å²) in [6, 6.07) is 16.1. The number of fused-ring (bicyclic) bond motifs is 2. The highest BCUT2D eigenvalue weighted by molar-refractivity contribution is 7.10. The first-order valence-corrected chi connectivity index (χ1v) is 12.9. The van der Waals surface area contributed by atoms with Gasteiger partial charge in [-0.25, -0.2) is 0 Å². The van der Waals surface area contributed by atoms with Gasteiger partial charge in [-0.05, 0) is 60.5 Å². The Morgan fingerprint density at radius 2 is 2.03 bits per heavy atom. The lowest BCUT2D eigenvalue weighted by molar-refractivity contribution is 0.0666. The van der Waals surface area contributed by atoms with Crippen molar-refractivity contribution < 1.29 is 19.4 Å². The molecule has 2 aromatic heterocycles. The van der Waals surface area contributed by atoms with Crippen molar-refractivity contribution in [2.75, 3.05) is 26.9 Å². The fourth-order valence-electron chi connectivity index (χ4n) is 5.00. The fourth-order valence-corrected chi connectivity index (χ4v) is 6.07. The van der Waals surface area contributed by atoms with Crippen LogP contribution in [0.25, 0.3) is 10.9 Å². The first kappa shape index (κ1) is 23.5. The SMILES string of the molecule is CCn1cc(C(=O)N2CCc3ccsc3C2Cc2ccc(OCCO)c(OC)c2)c2ccccc21. The summed E-state index contributed by atoms with van der Waals surface area (Å²) in [5.41, 5.74) is 4.25. The average Bonchev–Trinajstić information content (AvgIpc) is 3.52. The van der Waals surface area contributed by atoms with Gasteiger partial charge in [-0.15, -0.1) is 11.3 Å². The van der Waals surface area contributed by atoms with E-state index < -0.39 is 0 Å². The summed E-state index contributed by atoms with van der Waals surface area (Å²) < 4.78 is 13.3. The van der Waals surface area contributed by atoms with Crippen LogP contribution in [0.1, 0.15) is 39.3 Å². The van der Waals surface area contributed by atoms with Crippen LogP contribution in [-0.4, -0.2) is 47.3 Å². The number of hydrogen-bond acceptors (Lipinski definition) is 5. The van der Waals surface area contributed by atoms with Crippen molar-refractivity contribution in [1.29, 1.82) is 0 Å². The molecular formula is C28H30N2O4S. The molecular weight excluding hydrogens is 460 g/mol. The van der Waals surface area contributed by atoms with E-state index in [-0.39, 0.29) is 25.2 Å². The quantitative estimate of drug-likeness (QED) is 0.374. The van der Waals surface area contributed by atoms with Gasteiger partial charge in [-0.3, -0.25) is 4.79 Å². The Labute approximate surface area is 209 Å². The van der Waals surface area contributed by atoms with Gasteiger partial charge in [0.2, 0.25) is 0 Å². The minimum absolute atomic E-state index is 0.0519. The number of para-hydroxylation sites is 1. The molecule has 0 radical (unpaired) electrons. The molecule has 0 spiro atoms. The molecule has 35 heavy (non-hydrogen) atoms. The first-order chi connectivity index (χ1) is 17.1. The molecule has 1 amide bonds. The molecule has 0 bridgehead atoms. The molecule has 1 atom stereocenters. The van der Waals surface area contributed by atoms with Crippen molar-refractivity contribution >= 4 is 28.1 Å². The smallest absolute Gasteiger partial charge is 0.256 e. The third kappa shape index (κ3) is 4.42. The number of methoxy groups -OCH3 is 1. The van der Waals surface area contributed by atoms with E-state index in [0.29, 0.717) is 24.5 Å². The number of thiophene rings is 1. The normalized spacial score (nSPS) is 15.3.